The van der Waals surface area contributed by atoms with E-state index in [0.717, 1.165) is 31.8 Å². The van der Waals surface area contributed by atoms with Crippen LogP contribution in [0.15, 0.2) is 36.0 Å². The van der Waals surface area contributed by atoms with E-state index in [9.17, 15) is 34.4 Å². The summed E-state index contributed by atoms with van der Waals surface area (Å²) in [4.78, 5) is 64.5. The van der Waals surface area contributed by atoms with Gasteiger partial charge in [0.2, 0.25) is 12.1 Å². The van der Waals surface area contributed by atoms with E-state index >= 15 is 0 Å². The third kappa shape index (κ3) is 6.47. The van der Waals surface area contributed by atoms with Crippen molar-refractivity contribution in [2.24, 2.45) is 28.6 Å². The van der Waals surface area contributed by atoms with Crippen LogP contribution < -0.4 is 0 Å². The highest BCUT2D eigenvalue weighted by atomic mass is 17.0. The Morgan fingerprint density at radius 3 is 2.56 bits per heavy atom. The van der Waals surface area contributed by atoms with E-state index in [1.807, 2.05) is 19.9 Å². The van der Waals surface area contributed by atoms with Gasteiger partial charge in [0.25, 0.3) is 5.09 Å². The lowest BCUT2D eigenvalue weighted by Crippen LogP contribution is -2.63. The molecule has 10 atom stereocenters. The Hall–Kier alpha value is -3.82. The first kappa shape index (κ1) is 35.5. The predicted octanol–water partition coefficient (Wildman–Crippen LogP) is 4.14. The molecule has 5 unspecified atom stereocenters. The molecule has 1 heterocycles. The fourth-order valence-corrected chi connectivity index (χ4v) is 8.96. The average molecular weight is 678 g/mol. The van der Waals surface area contributed by atoms with Crippen LogP contribution in [0.5, 0.6) is 0 Å². The molecule has 0 spiro atoms. The monoisotopic (exact) mass is 677 g/mol. The minimum Gasteiger partial charge on any atom is -0.430 e. The lowest BCUT2D eigenvalue weighted by molar-refractivity contribution is -0.777. The zero-order valence-electron chi connectivity index (χ0n) is 27.5. The molecule has 48 heavy (non-hydrogen) atoms. The SMILES string of the molecule is CCCC1O[C@H]2CC3C4CCC5=CC(=O)C=C[C@]5(C)C4[C@@H](O)C[C@]3(C)[C@]2(C(=O)COC(=O)OC/C=C\COC(=O)OC(C)O[N+](=O)[O-])O1. The number of aliphatic hydroxyl groups excluding tert-OH is 1. The van der Waals surface area contributed by atoms with E-state index in [0.29, 0.717) is 12.8 Å². The molecule has 15 heteroatoms. The number of hydrogen-bond acceptors (Lipinski definition) is 14. The number of carbonyl (C=O) groups excluding carboxylic acids is 4. The van der Waals surface area contributed by atoms with Gasteiger partial charge in [-0.3, -0.25) is 14.4 Å². The number of fused-ring (bicyclic) bond motifs is 7. The summed E-state index contributed by atoms with van der Waals surface area (Å²) in [6.07, 6.45) is 5.85. The summed E-state index contributed by atoms with van der Waals surface area (Å²) in [5, 5.41) is 20.9. The average Bonchev–Trinajstić information content (AvgIpc) is 3.49. The van der Waals surface area contributed by atoms with Gasteiger partial charge in [0, 0.05) is 16.7 Å². The van der Waals surface area contributed by atoms with Crippen molar-refractivity contribution >= 4 is 23.9 Å². The Balaban J connectivity index is 1.21. The van der Waals surface area contributed by atoms with Gasteiger partial charge in [-0.2, -0.15) is 0 Å². The maximum absolute atomic E-state index is 14.2. The second kappa shape index (κ2) is 14.0. The third-order valence-electron chi connectivity index (χ3n) is 10.8. The number of allylic oxidation sites excluding steroid dienone is 4. The fourth-order valence-electron chi connectivity index (χ4n) is 8.96. The van der Waals surface area contributed by atoms with Crippen molar-refractivity contribution in [2.75, 3.05) is 19.8 Å². The Labute approximate surface area is 277 Å². The van der Waals surface area contributed by atoms with Crippen molar-refractivity contribution in [1.29, 1.82) is 0 Å². The molecule has 4 aliphatic carbocycles. The molecule has 3 saturated carbocycles. The lowest BCUT2D eigenvalue weighted by atomic mass is 9.46. The molecule has 1 N–H and O–H groups in total. The molecule has 5 rings (SSSR count). The first-order valence-corrected chi connectivity index (χ1v) is 16.3. The van der Waals surface area contributed by atoms with Crippen molar-refractivity contribution in [3.8, 4) is 0 Å². The molecule has 0 aromatic rings. The zero-order valence-corrected chi connectivity index (χ0v) is 27.5. The summed E-state index contributed by atoms with van der Waals surface area (Å²) < 4.78 is 32.4. The molecule has 0 bridgehead atoms. The number of aliphatic hydroxyl groups is 1. The van der Waals surface area contributed by atoms with Gasteiger partial charge in [0.1, 0.15) is 13.2 Å². The van der Waals surface area contributed by atoms with Crippen LogP contribution in [0.25, 0.3) is 0 Å². The summed E-state index contributed by atoms with van der Waals surface area (Å²) in [5.74, 6) is -0.611. The number of rotatable bonds is 12. The number of Topliss-reactive ketones (excluding diaryl/α,β-unsaturated/α-hetero) is 1. The molecular weight excluding hydrogens is 634 g/mol. The summed E-state index contributed by atoms with van der Waals surface area (Å²) in [5.41, 5.74) is -1.69. The Kier molecular flexibility index (Phi) is 10.3. The van der Waals surface area contributed by atoms with Crippen LogP contribution in [0.2, 0.25) is 0 Å². The fraction of sp³-hybridized carbons (Fsp3) is 0.697. The van der Waals surface area contributed by atoms with Crippen LogP contribution in [0.3, 0.4) is 0 Å². The molecule has 0 amide bonds. The van der Waals surface area contributed by atoms with Crippen molar-refractivity contribution in [2.45, 2.75) is 96.6 Å². The molecule has 0 aromatic carbocycles. The van der Waals surface area contributed by atoms with Gasteiger partial charge in [-0.1, -0.05) is 38.8 Å². The van der Waals surface area contributed by atoms with Crippen molar-refractivity contribution in [3.63, 3.8) is 0 Å². The molecule has 264 valence electrons. The number of nitrogens with zero attached hydrogens (tertiary/aromatic N) is 1. The van der Waals surface area contributed by atoms with Crippen LogP contribution in [0.1, 0.15) is 66.2 Å². The Morgan fingerprint density at radius 2 is 1.88 bits per heavy atom. The van der Waals surface area contributed by atoms with Gasteiger partial charge in [-0.05, 0) is 75.2 Å². The number of carbonyl (C=O) groups is 4. The Morgan fingerprint density at radius 1 is 1.17 bits per heavy atom. The highest BCUT2D eigenvalue weighted by Gasteiger charge is 2.75. The van der Waals surface area contributed by atoms with Crippen LogP contribution in [-0.2, 0) is 42.8 Å². The summed E-state index contributed by atoms with van der Waals surface area (Å²) in [6.45, 7) is 6.04. The minimum atomic E-state index is -1.45. The number of ether oxygens (including phenoxy) is 6. The van der Waals surface area contributed by atoms with E-state index < -0.39 is 71.0 Å². The zero-order chi connectivity index (χ0) is 34.9. The lowest BCUT2D eigenvalue weighted by Gasteiger charge is -2.59. The van der Waals surface area contributed by atoms with Gasteiger partial charge in [0.05, 0.1) is 12.2 Å². The van der Waals surface area contributed by atoms with Crippen LogP contribution in [-0.4, -0.2) is 84.3 Å². The highest BCUT2D eigenvalue weighted by Crippen LogP contribution is 2.69. The molecule has 5 aliphatic rings. The smallest absolute Gasteiger partial charge is 0.430 e. The molecule has 0 aromatic heterocycles. The normalized spacial score (nSPS) is 36.9. The maximum Gasteiger partial charge on any atom is 0.510 e. The molecule has 1 aliphatic heterocycles. The predicted molar refractivity (Wildman–Crippen MR) is 162 cm³/mol. The van der Waals surface area contributed by atoms with E-state index in [1.165, 1.54) is 12.2 Å². The standard InChI is InChI=1S/C33H43NO14/c1-5-8-27-46-26-16-23-22-10-9-20-15-21(35)11-12-31(20,3)28(22)24(36)17-32(23,4)33(26,47-27)25(37)18-44-29(38)42-13-6-7-14-43-30(39)45-19(2)48-34(40)41/h6-7,11-12,15,19,22-24,26-28,36H,5,8-10,13-14,16-18H2,1-4H3/b7-6-/t19?,22?,23?,24-,26-,27?,28?,31-,32-,33+/m0/s1. The summed E-state index contributed by atoms with van der Waals surface area (Å²) in [6, 6.07) is 0. The number of hydrogen-bond donors (Lipinski definition) is 1. The quantitative estimate of drug-likeness (QED) is 0.102. The first-order valence-electron chi connectivity index (χ1n) is 16.3. The van der Waals surface area contributed by atoms with Crippen LogP contribution in [0, 0.1) is 38.7 Å². The Bertz CT molecular complexity index is 1390. The van der Waals surface area contributed by atoms with E-state index in [-0.39, 0.29) is 43.2 Å². The van der Waals surface area contributed by atoms with E-state index in [1.54, 1.807) is 12.2 Å². The van der Waals surface area contributed by atoms with Gasteiger partial charge in [-0.15, -0.1) is 10.1 Å². The first-order chi connectivity index (χ1) is 22.7. The number of ketones is 2. The topological polar surface area (TPSA) is 196 Å². The van der Waals surface area contributed by atoms with E-state index in [2.05, 4.69) is 16.5 Å². The van der Waals surface area contributed by atoms with Crippen molar-refractivity contribution in [1.82, 2.24) is 0 Å². The van der Waals surface area contributed by atoms with Gasteiger partial charge in [0.15, 0.2) is 24.3 Å². The molecule has 15 nitrogen and oxygen atoms in total. The molecule has 0 radical (unpaired) electrons. The summed E-state index contributed by atoms with van der Waals surface area (Å²) in [7, 11) is 0. The van der Waals surface area contributed by atoms with E-state index in [4.69, 9.17) is 23.7 Å². The highest BCUT2D eigenvalue weighted by molar-refractivity contribution is 6.01. The second-order valence-electron chi connectivity index (χ2n) is 13.5. The van der Waals surface area contributed by atoms with Gasteiger partial charge < -0.3 is 33.5 Å². The third-order valence-corrected chi connectivity index (χ3v) is 10.8. The van der Waals surface area contributed by atoms with Crippen LogP contribution >= 0.6 is 0 Å². The largest absolute Gasteiger partial charge is 0.510 e. The van der Waals surface area contributed by atoms with Gasteiger partial charge >= 0.3 is 12.3 Å². The maximum atomic E-state index is 14.2. The van der Waals surface area contributed by atoms with Crippen molar-refractivity contribution in [3.05, 3.63) is 46.1 Å². The molecular formula is C33H43NO14. The van der Waals surface area contributed by atoms with Crippen molar-refractivity contribution < 1.29 is 62.6 Å². The van der Waals surface area contributed by atoms with Crippen LogP contribution in [0.4, 0.5) is 9.59 Å². The minimum absolute atomic E-state index is 0.0211. The van der Waals surface area contributed by atoms with Gasteiger partial charge in [-0.25, -0.2) is 9.59 Å². The molecule has 4 fully saturated rings. The summed E-state index contributed by atoms with van der Waals surface area (Å²) >= 11 is 0. The molecule has 1 saturated heterocycles. The second-order valence-corrected chi connectivity index (χ2v) is 13.5.